The van der Waals surface area contributed by atoms with E-state index >= 15 is 0 Å². The zero-order chi connectivity index (χ0) is 23.8. The van der Waals surface area contributed by atoms with Crippen molar-refractivity contribution in [2.75, 3.05) is 18.5 Å². The first-order valence-corrected chi connectivity index (χ1v) is 10.5. The Morgan fingerprint density at radius 3 is 2.55 bits per heavy atom. The summed E-state index contributed by atoms with van der Waals surface area (Å²) in [5.74, 6) is -0.296. The Balaban J connectivity index is 1.40. The molecule has 0 radical (unpaired) electrons. The van der Waals surface area contributed by atoms with Crippen LogP contribution in [-0.4, -0.2) is 53.4 Å². The third kappa shape index (κ3) is 7.16. The van der Waals surface area contributed by atoms with Gasteiger partial charge >= 0.3 is 12.2 Å². The lowest BCUT2D eigenvalue weighted by molar-refractivity contribution is -0.137. The van der Waals surface area contributed by atoms with Crippen LogP contribution in [-0.2, 0) is 10.9 Å². The van der Waals surface area contributed by atoms with Crippen LogP contribution < -0.4 is 16.0 Å². The molecule has 4 N–H and O–H groups in total. The average molecular weight is 466 g/mol. The predicted molar refractivity (Wildman–Crippen MR) is 114 cm³/mol. The fraction of sp³-hybridized carbons (Fsp3) is 0.409. The fourth-order valence-electron chi connectivity index (χ4n) is 3.52. The van der Waals surface area contributed by atoms with E-state index in [-0.39, 0.29) is 36.9 Å². The maximum Gasteiger partial charge on any atom is 0.416 e. The maximum absolute atomic E-state index is 12.6. The summed E-state index contributed by atoms with van der Waals surface area (Å²) in [5, 5.41) is 17.6. The van der Waals surface area contributed by atoms with E-state index in [1.807, 2.05) is 0 Å². The first kappa shape index (κ1) is 24.5. The van der Waals surface area contributed by atoms with E-state index < -0.39 is 23.9 Å². The van der Waals surface area contributed by atoms with Gasteiger partial charge in [0.15, 0.2) is 0 Å². The van der Waals surface area contributed by atoms with E-state index in [1.165, 1.54) is 18.3 Å². The Morgan fingerprint density at radius 1 is 1.15 bits per heavy atom. The van der Waals surface area contributed by atoms with Gasteiger partial charge in [-0.2, -0.15) is 13.2 Å². The average Bonchev–Trinajstić information content (AvgIpc) is 2.80. The van der Waals surface area contributed by atoms with Gasteiger partial charge < -0.3 is 25.8 Å². The number of urea groups is 1. The number of hydrogen-bond acceptors (Lipinski definition) is 5. The van der Waals surface area contributed by atoms with E-state index in [4.69, 9.17) is 4.74 Å². The van der Waals surface area contributed by atoms with Gasteiger partial charge in [0, 0.05) is 24.6 Å². The molecule has 0 bridgehead atoms. The fourth-order valence-corrected chi connectivity index (χ4v) is 3.52. The summed E-state index contributed by atoms with van der Waals surface area (Å²) in [5.41, 5.74) is -0.141. The van der Waals surface area contributed by atoms with Crippen molar-refractivity contribution in [2.45, 2.75) is 43.7 Å². The van der Waals surface area contributed by atoms with E-state index in [0.29, 0.717) is 24.8 Å². The summed E-state index contributed by atoms with van der Waals surface area (Å²) in [6, 6.07) is 6.54. The summed E-state index contributed by atoms with van der Waals surface area (Å²) in [7, 11) is 0. The van der Waals surface area contributed by atoms with Gasteiger partial charge in [-0.3, -0.25) is 9.78 Å². The molecule has 0 saturated carbocycles. The standard InChI is InChI=1S/C22H25F3N4O4/c23-22(24,25)15-3-5-16(6-4-15)28-21(32)27-11-9-17-7-8-18(19(13-30)33-17)29-20(31)14-2-1-10-26-12-14/h1-6,10,12,17-19,30H,7-9,11,13H2,(H,29,31)(H2,27,28,32)/t17-,18+,19+/m1/s1. The molecule has 1 fully saturated rings. The molecule has 3 amide bonds. The van der Waals surface area contributed by atoms with Crippen molar-refractivity contribution in [1.29, 1.82) is 0 Å². The summed E-state index contributed by atoms with van der Waals surface area (Å²) >= 11 is 0. The second-order valence-electron chi connectivity index (χ2n) is 7.62. The van der Waals surface area contributed by atoms with Crippen molar-refractivity contribution < 1.29 is 32.6 Å². The quantitative estimate of drug-likeness (QED) is 0.501. The molecule has 178 valence electrons. The van der Waals surface area contributed by atoms with Crippen molar-refractivity contribution in [3.05, 3.63) is 59.9 Å². The number of nitrogens with zero attached hydrogens (tertiary/aromatic N) is 1. The predicted octanol–water partition coefficient (Wildman–Crippen LogP) is 2.95. The van der Waals surface area contributed by atoms with Gasteiger partial charge in [0.2, 0.25) is 0 Å². The lowest BCUT2D eigenvalue weighted by Gasteiger charge is -2.36. The number of anilines is 1. The molecule has 8 nitrogen and oxygen atoms in total. The molecule has 1 saturated heterocycles. The van der Waals surface area contributed by atoms with Crippen molar-refractivity contribution in [3.8, 4) is 0 Å². The van der Waals surface area contributed by atoms with Crippen LogP contribution in [0.1, 0.15) is 35.2 Å². The van der Waals surface area contributed by atoms with Crippen LogP contribution in [0, 0.1) is 0 Å². The Kier molecular flexibility index (Phi) is 8.23. The number of rotatable bonds is 7. The minimum atomic E-state index is -4.44. The molecule has 3 rings (SSSR count). The number of benzene rings is 1. The van der Waals surface area contributed by atoms with Crippen molar-refractivity contribution >= 4 is 17.6 Å². The minimum Gasteiger partial charge on any atom is -0.394 e. The van der Waals surface area contributed by atoms with Crippen LogP contribution in [0.15, 0.2) is 48.8 Å². The molecule has 2 aromatic rings. The number of aliphatic hydroxyl groups is 1. The van der Waals surface area contributed by atoms with Crippen LogP contribution in [0.5, 0.6) is 0 Å². The van der Waals surface area contributed by atoms with Crippen molar-refractivity contribution in [1.82, 2.24) is 15.6 Å². The topological polar surface area (TPSA) is 113 Å². The first-order valence-electron chi connectivity index (χ1n) is 10.5. The molecule has 0 unspecified atom stereocenters. The van der Waals surface area contributed by atoms with Crippen LogP contribution in [0.4, 0.5) is 23.7 Å². The summed E-state index contributed by atoms with van der Waals surface area (Å²) in [6.45, 7) is -0.00167. The Bertz CT molecular complexity index is 925. The van der Waals surface area contributed by atoms with Gasteiger partial charge in [-0.05, 0) is 55.7 Å². The number of aliphatic hydroxyl groups excluding tert-OH is 1. The number of carbonyl (C=O) groups excluding carboxylic acids is 2. The number of amides is 3. The largest absolute Gasteiger partial charge is 0.416 e. The molecular weight excluding hydrogens is 441 g/mol. The zero-order valence-corrected chi connectivity index (χ0v) is 17.6. The number of nitrogens with one attached hydrogen (secondary N) is 3. The second-order valence-corrected chi connectivity index (χ2v) is 7.62. The Morgan fingerprint density at radius 2 is 1.91 bits per heavy atom. The molecule has 3 atom stereocenters. The summed E-state index contributed by atoms with van der Waals surface area (Å²) in [4.78, 5) is 28.2. The van der Waals surface area contributed by atoms with Crippen LogP contribution in [0.2, 0.25) is 0 Å². The molecular formula is C22H25F3N4O4. The molecule has 1 aromatic heterocycles. The van der Waals surface area contributed by atoms with E-state index in [1.54, 1.807) is 18.3 Å². The second kappa shape index (κ2) is 11.1. The highest BCUT2D eigenvalue weighted by atomic mass is 19.4. The number of pyridine rings is 1. The number of alkyl halides is 3. The molecule has 1 aliphatic heterocycles. The molecule has 0 aliphatic carbocycles. The molecule has 2 heterocycles. The highest BCUT2D eigenvalue weighted by Gasteiger charge is 2.32. The molecule has 1 aromatic carbocycles. The normalized spacial score (nSPS) is 20.7. The molecule has 33 heavy (non-hydrogen) atoms. The van der Waals surface area contributed by atoms with Gasteiger partial charge in [-0.15, -0.1) is 0 Å². The first-order chi connectivity index (χ1) is 15.8. The van der Waals surface area contributed by atoms with Crippen molar-refractivity contribution in [3.63, 3.8) is 0 Å². The smallest absolute Gasteiger partial charge is 0.394 e. The monoisotopic (exact) mass is 466 g/mol. The van der Waals surface area contributed by atoms with Gasteiger partial charge in [0.1, 0.15) is 6.10 Å². The van der Waals surface area contributed by atoms with Crippen LogP contribution in [0.3, 0.4) is 0 Å². The minimum absolute atomic E-state index is 0.222. The van der Waals surface area contributed by atoms with Crippen LogP contribution >= 0.6 is 0 Å². The maximum atomic E-state index is 12.6. The van der Waals surface area contributed by atoms with Gasteiger partial charge in [0.25, 0.3) is 5.91 Å². The molecule has 11 heteroatoms. The van der Waals surface area contributed by atoms with Crippen LogP contribution in [0.25, 0.3) is 0 Å². The highest BCUT2D eigenvalue weighted by Crippen LogP contribution is 2.29. The van der Waals surface area contributed by atoms with Gasteiger partial charge in [0.05, 0.1) is 29.9 Å². The highest BCUT2D eigenvalue weighted by molar-refractivity contribution is 5.94. The zero-order valence-electron chi connectivity index (χ0n) is 17.6. The summed E-state index contributed by atoms with van der Waals surface area (Å²) < 4.78 is 43.6. The Labute approximate surface area is 188 Å². The number of aromatic nitrogens is 1. The molecule has 0 spiro atoms. The lowest BCUT2D eigenvalue weighted by Crippen LogP contribution is -2.51. The third-order valence-corrected chi connectivity index (χ3v) is 5.26. The summed E-state index contributed by atoms with van der Waals surface area (Å²) in [6.07, 6.45) is -0.522. The SMILES string of the molecule is O=C(NCC[C@H]1CC[C@H](NC(=O)c2cccnc2)[C@H](CO)O1)Nc1ccc(C(F)(F)F)cc1. The number of ether oxygens (including phenoxy) is 1. The third-order valence-electron chi connectivity index (χ3n) is 5.26. The number of hydrogen-bond donors (Lipinski definition) is 4. The van der Waals surface area contributed by atoms with E-state index in [0.717, 1.165) is 12.1 Å². The van der Waals surface area contributed by atoms with E-state index in [2.05, 4.69) is 20.9 Å². The molecule has 1 aliphatic rings. The number of halogens is 3. The lowest BCUT2D eigenvalue weighted by atomic mass is 9.97. The van der Waals surface area contributed by atoms with Gasteiger partial charge in [-0.25, -0.2) is 4.79 Å². The van der Waals surface area contributed by atoms with Gasteiger partial charge in [-0.1, -0.05) is 0 Å². The Hall–Kier alpha value is -3.18. The number of carbonyl (C=O) groups is 2. The van der Waals surface area contributed by atoms with Crippen molar-refractivity contribution in [2.24, 2.45) is 0 Å². The van der Waals surface area contributed by atoms with E-state index in [9.17, 15) is 27.9 Å².